The molecule has 0 saturated heterocycles. The second-order valence-electron chi connectivity index (χ2n) is 5.31. The van der Waals surface area contributed by atoms with Gasteiger partial charge in [-0.25, -0.2) is 9.78 Å². The summed E-state index contributed by atoms with van der Waals surface area (Å²) in [5, 5.41) is 16.8. The smallest absolute Gasteiger partial charge is 0.326 e. The molecule has 0 saturated carbocycles. The SMILES string of the molecule is CCCCC(NC(=O)c1cnc2c(c1)c(C)nn2C)C(=O)O. The third-order valence-electron chi connectivity index (χ3n) is 3.57. The van der Waals surface area contributed by atoms with Gasteiger partial charge < -0.3 is 10.4 Å². The molecule has 0 spiro atoms. The highest BCUT2D eigenvalue weighted by Gasteiger charge is 2.20. The second-order valence-corrected chi connectivity index (χ2v) is 5.31. The number of nitrogens with one attached hydrogen (secondary N) is 1. The van der Waals surface area contributed by atoms with Crippen molar-refractivity contribution < 1.29 is 14.7 Å². The Kier molecular flexibility index (Phi) is 4.75. The molecule has 2 aromatic rings. The van der Waals surface area contributed by atoms with E-state index in [1.807, 2.05) is 13.8 Å². The van der Waals surface area contributed by atoms with Gasteiger partial charge in [-0.15, -0.1) is 0 Å². The van der Waals surface area contributed by atoms with E-state index in [-0.39, 0.29) is 0 Å². The van der Waals surface area contributed by atoms with Crippen LogP contribution in [0.1, 0.15) is 42.2 Å². The highest BCUT2D eigenvalue weighted by atomic mass is 16.4. The van der Waals surface area contributed by atoms with E-state index in [2.05, 4.69) is 15.4 Å². The van der Waals surface area contributed by atoms with E-state index in [0.29, 0.717) is 17.6 Å². The van der Waals surface area contributed by atoms with E-state index in [1.165, 1.54) is 6.20 Å². The molecule has 22 heavy (non-hydrogen) atoms. The summed E-state index contributed by atoms with van der Waals surface area (Å²) in [7, 11) is 1.79. The molecule has 1 atom stereocenters. The highest BCUT2D eigenvalue weighted by Crippen LogP contribution is 2.16. The number of aliphatic carboxylic acids is 1. The molecular formula is C15H20N4O3. The maximum absolute atomic E-state index is 12.2. The molecule has 0 radical (unpaired) electrons. The summed E-state index contributed by atoms with van der Waals surface area (Å²) in [6, 6.07) is 0.816. The third kappa shape index (κ3) is 3.24. The van der Waals surface area contributed by atoms with Gasteiger partial charge in [0.05, 0.1) is 11.3 Å². The molecule has 0 aliphatic rings. The Balaban J connectivity index is 2.21. The summed E-state index contributed by atoms with van der Waals surface area (Å²) in [5.74, 6) is -1.45. The molecule has 0 fully saturated rings. The minimum atomic E-state index is -1.02. The molecule has 7 heteroatoms. The fourth-order valence-corrected chi connectivity index (χ4v) is 2.34. The number of carboxylic acids is 1. The van der Waals surface area contributed by atoms with Gasteiger partial charge in [-0.2, -0.15) is 5.10 Å². The number of aromatic nitrogens is 3. The fourth-order valence-electron chi connectivity index (χ4n) is 2.34. The van der Waals surface area contributed by atoms with Gasteiger partial charge >= 0.3 is 5.97 Å². The molecule has 2 N–H and O–H groups in total. The predicted molar refractivity (Wildman–Crippen MR) is 81.7 cm³/mol. The Morgan fingerprint density at radius 3 is 2.82 bits per heavy atom. The normalized spacial score (nSPS) is 12.3. The molecule has 1 amide bonds. The summed E-state index contributed by atoms with van der Waals surface area (Å²) in [5.41, 5.74) is 1.81. The Labute approximate surface area is 128 Å². The lowest BCUT2D eigenvalue weighted by Gasteiger charge is -2.14. The van der Waals surface area contributed by atoms with Crippen molar-refractivity contribution in [2.24, 2.45) is 7.05 Å². The largest absolute Gasteiger partial charge is 0.480 e. The number of hydrogen-bond donors (Lipinski definition) is 2. The molecule has 118 valence electrons. The number of fused-ring (bicyclic) bond motifs is 1. The molecular weight excluding hydrogens is 284 g/mol. The van der Waals surface area contributed by atoms with E-state index in [0.717, 1.165) is 23.9 Å². The highest BCUT2D eigenvalue weighted by molar-refractivity contribution is 5.99. The maximum atomic E-state index is 12.2. The van der Waals surface area contributed by atoms with Gasteiger partial charge in [-0.05, 0) is 19.4 Å². The minimum absolute atomic E-state index is 0.339. The molecule has 2 aromatic heterocycles. The fraction of sp³-hybridized carbons (Fsp3) is 0.467. The van der Waals surface area contributed by atoms with Crippen LogP contribution in [0.25, 0.3) is 11.0 Å². The summed E-state index contributed by atoms with van der Waals surface area (Å²) in [6.45, 7) is 3.82. The zero-order chi connectivity index (χ0) is 16.3. The predicted octanol–water partition coefficient (Wildman–Crippen LogP) is 1.65. The van der Waals surface area contributed by atoms with Gasteiger partial charge in [0.25, 0.3) is 5.91 Å². The van der Waals surface area contributed by atoms with Crippen LogP contribution < -0.4 is 5.32 Å². The van der Waals surface area contributed by atoms with Gasteiger partial charge in [-0.3, -0.25) is 9.48 Å². The van der Waals surface area contributed by atoms with Crippen LogP contribution >= 0.6 is 0 Å². The average Bonchev–Trinajstić information content (AvgIpc) is 2.77. The van der Waals surface area contributed by atoms with Crippen molar-refractivity contribution in [2.75, 3.05) is 0 Å². The Morgan fingerprint density at radius 2 is 2.18 bits per heavy atom. The number of carbonyl (C=O) groups excluding carboxylic acids is 1. The van der Waals surface area contributed by atoms with Crippen LogP contribution in [0.15, 0.2) is 12.3 Å². The summed E-state index contributed by atoms with van der Waals surface area (Å²) in [4.78, 5) is 27.7. The van der Waals surface area contributed by atoms with Gasteiger partial charge in [0.15, 0.2) is 5.65 Å². The van der Waals surface area contributed by atoms with E-state index in [1.54, 1.807) is 17.8 Å². The zero-order valence-electron chi connectivity index (χ0n) is 13.0. The van der Waals surface area contributed by atoms with Crippen LogP contribution in [0.2, 0.25) is 0 Å². The first-order valence-electron chi connectivity index (χ1n) is 7.27. The van der Waals surface area contributed by atoms with Crippen molar-refractivity contribution in [3.8, 4) is 0 Å². The Morgan fingerprint density at radius 1 is 1.45 bits per heavy atom. The van der Waals surface area contributed by atoms with Crippen molar-refractivity contribution in [3.63, 3.8) is 0 Å². The summed E-state index contributed by atoms with van der Waals surface area (Å²) >= 11 is 0. The Bertz CT molecular complexity index is 708. The van der Waals surface area contributed by atoms with Crippen molar-refractivity contribution >= 4 is 22.9 Å². The number of nitrogens with zero attached hydrogens (tertiary/aromatic N) is 3. The molecule has 0 aliphatic heterocycles. The molecule has 0 aliphatic carbocycles. The quantitative estimate of drug-likeness (QED) is 0.845. The molecule has 2 heterocycles. The second kappa shape index (κ2) is 6.55. The van der Waals surface area contributed by atoms with Crippen LogP contribution in [0.5, 0.6) is 0 Å². The standard InChI is InChI=1S/C15H20N4O3/c1-4-5-6-12(15(21)22)17-14(20)10-7-11-9(2)18-19(3)13(11)16-8-10/h7-8,12H,4-6H2,1-3H3,(H,17,20)(H,21,22). The summed E-state index contributed by atoms with van der Waals surface area (Å²) < 4.78 is 1.65. The maximum Gasteiger partial charge on any atom is 0.326 e. The van der Waals surface area contributed by atoms with Gasteiger partial charge in [-0.1, -0.05) is 19.8 Å². The third-order valence-corrected chi connectivity index (χ3v) is 3.57. The van der Waals surface area contributed by atoms with Gasteiger partial charge in [0.1, 0.15) is 6.04 Å². The molecule has 7 nitrogen and oxygen atoms in total. The lowest BCUT2D eigenvalue weighted by molar-refractivity contribution is -0.139. The lowest BCUT2D eigenvalue weighted by atomic mass is 10.1. The minimum Gasteiger partial charge on any atom is -0.480 e. The molecule has 0 aromatic carbocycles. The number of unbranched alkanes of at least 4 members (excludes halogenated alkanes) is 1. The monoisotopic (exact) mass is 304 g/mol. The van der Waals surface area contributed by atoms with Crippen LogP contribution in [0, 0.1) is 6.92 Å². The lowest BCUT2D eigenvalue weighted by Crippen LogP contribution is -2.40. The zero-order valence-corrected chi connectivity index (χ0v) is 13.0. The Hall–Kier alpha value is -2.44. The van der Waals surface area contributed by atoms with Crippen LogP contribution in [0.4, 0.5) is 0 Å². The number of pyridine rings is 1. The van der Waals surface area contributed by atoms with Crippen LogP contribution in [-0.4, -0.2) is 37.8 Å². The molecule has 0 bridgehead atoms. The van der Waals surface area contributed by atoms with Crippen LogP contribution in [0.3, 0.4) is 0 Å². The average molecular weight is 304 g/mol. The van der Waals surface area contributed by atoms with Crippen molar-refractivity contribution in [1.82, 2.24) is 20.1 Å². The van der Waals surface area contributed by atoms with Crippen molar-refractivity contribution in [3.05, 3.63) is 23.5 Å². The van der Waals surface area contributed by atoms with Crippen LogP contribution in [-0.2, 0) is 11.8 Å². The number of aryl methyl sites for hydroxylation is 2. The summed E-state index contributed by atoms with van der Waals surface area (Å²) in [6.07, 6.45) is 3.48. The number of carbonyl (C=O) groups is 2. The number of amides is 1. The van der Waals surface area contributed by atoms with Crippen molar-refractivity contribution in [1.29, 1.82) is 0 Å². The molecule has 2 rings (SSSR count). The van der Waals surface area contributed by atoms with E-state index >= 15 is 0 Å². The topological polar surface area (TPSA) is 97.1 Å². The van der Waals surface area contributed by atoms with E-state index in [4.69, 9.17) is 0 Å². The van der Waals surface area contributed by atoms with E-state index in [9.17, 15) is 14.7 Å². The van der Waals surface area contributed by atoms with Crippen molar-refractivity contribution in [2.45, 2.75) is 39.2 Å². The van der Waals surface area contributed by atoms with Gasteiger partial charge in [0, 0.05) is 18.6 Å². The number of hydrogen-bond acceptors (Lipinski definition) is 4. The number of rotatable bonds is 6. The number of carboxylic acid groups (broad SMARTS) is 1. The van der Waals surface area contributed by atoms with E-state index < -0.39 is 17.9 Å². The first-order chi connectivity index (χ1) is 10.4. The van der Waals surface area contributed by atoms with Gasteiger partial charge in [0.2, 0.25) is 0 Å². The molecule has 1 unspecified atom stereocenters. The first kappa shape index (κ1) is 15.9. The first-order valence-corrected chi connectivity index (χ1v) is 7.27.